The Labute approximate surface area is 187 Å². The van der Waals surface area contributed by atoms with Crippen LogP contribution in [0.3, 0.4) is 0 Å². The molecule has 1 fully saturated rings. The van der Waals surface area contributed by atoms with Crippen molar-refractivity contribution in [2.75, 3.05) is 37.4 Å². The van der Waals surface area contributed by atoms with E-state index >= 15 is 0 Å². The van der Waals surface area contributed by atoms with Gasteiger partial charge in [-0.15, -0.1) is 11.8 Å². The molecule has 1 saturated heterocycles. The standard InChI is InChI=1S/C21H27N3O5S2/c1-16(2)29-20-6-5-18(31(26,27)24-8-10-28-11-9-24)12-19(20)23-21(25)15-30-14-17-4-3-7-22-13-17/h3-7,12-13,16H,8-11,14-15H2,1-2H3,(H,23,25). The molecule has 0 atom stereocenters. The van der Waals surface area contributed by atoms with E-state index in [0.29, 0.717) is 43.5 Å². The maximum atomic E-state index is 13.0. The summed E-state index contributed by atoms with van der Waals surface area (Å²) in [7, 11) is -3.68. The van der Waals surface area contributed by atoms with E-state index in [1.54, 1.807) is 18.5 Å². The van der Waals surface area contributed by atoms with Crippen LogP contribution in [0.5, 0.6) is 5.75 Å². The van der Waals surface area contributed by atoms with Crippen molar-refractivity contribution < 1.29 is 22.7 Å². The zero-order chi connectivity index (χ0) is 22.3. The van der Waals surface area contributed by atoms with Crippen molar-refractivity contribution in [2.45, 2.75) is 30.6 Å². The molecule has 1 amide bonds. The van der Waals surface area contributed by atoms with Crippen molar-refractivity contribution in [3.63, 3.8) is 0 Å². The van der Waals surface area contributed by atoms with Gasteiger partial charge in [-0.05, 0) is 43.7 Å². The molecule has 1 aliphatic heterocycles. The summed E-state index contributed by atoms with van der Waals surface area (Å²) < 4.78 is 38.4. The molecule has 0 radical (unpaired) electrons. The first-order valence-electron chi connectivity index (χ1n) is 10.0. The zero-order valence-corrected chi connectivity index (χ0v) is 19.2. The highest BCUT2D eigenvalue weighted by Gasteiger charge is 2.27. The number of morpholine rings is 1. The molecule has 10 heteroatoms. The molecule has 1 aromatic carbocycles. The predicted octanol–water partition coefficient (Wildman–Crippen LogP) is 2.76. The van der Waals surface area contributed by atoms with Crippen LogP contribution in [-0.4, -0.2) is 61.8 Å². The summed E-state index contributed by atoms with van der Waals surface area (Å²) in [5, 5.41) is 2.81. The average molecular weight is 466 g/mol. The minimum atomic E-state index is -3.68. The average Bonchev–Trinajstić information content (AvgIpc) is 2.76. The third-order valence-corrected chi connectivity index (χ3v) is 7.32. The second-order valence-corrected chi connectivity index (χ2v) is 10.2. The fraction of sp³-hybridized carbons (Fsp3) is 0.429. The third kappa shape index (κ3) is 6.67. The van der Waals surface area contributed by atoms with E-state index in [-0.39, 0.29) is 22.7 Å². The highest BCUT2D eigenvalue weighted by molar-refractivity contribution is 7.99. The molecular formula is C21H27N3O5S2. The number of carbonyl (C=O) groups is 1. The van der Waals surface area contributed by atoms with Crippen LogP contribution in [0.4, 0.5) is 5.69 Å². The van der Waals surface area contributed by atoms with Crippen molar-refractivity contribution in [1.82, 2.24) is 9.29 Å². The Bertz CT molecular complexity index is 978. The van der Waals surface area contributed by atoms with Crippen LogP contribution < -0.4 is 10.1 Å². The molecule has 168 valence electrons. The fourth-order valence-electron chi connectivity index (χ4n) is 2.99. The van der Waals surface area contributed by atoms with Crippen LogP contribution in [0, 0.1) is 0 Å². The molecule has 2 heterocycles. The number of carbonyl (C=O) groups excluding carboxylic acids is 1. The van der Waals surface area contributed by atoms with Crippen LogP contribution in [0.15, 0.2) is 47.6 Å². The quantitative estimate of drug-likeness (QED) is 0.608. The Morgan fingerprint density at radius 3 is 2.74 bits per heavy atom. The summed E-state index contributed by atoms with van der Waals surface area (Å²) in [6, 6.07) is 8.37. The molecule has 0 aliphatic carbocycles. The molecule has 0 bridgehead atoms. The van der Waals surface area contributed by atoms with Gasteiger partial charge >= 0.3 is 0 Å². The molecule has 0 unspecified atom stereocenters. The summed E-state index contributed by atoms with van der Waals surface area (Å²) in [4.78, 5) is 16.7. The van der Waals surface area contributed by atoms with E-state index in [1.165, 1.54) is 28.2 Å². The van der Waals surface area contributed by atoms with E-state index < -0.39 is 10.0 Å². The first-order valence-corrected chi connectivity index (χ1v) is 12.6. The molecule has 0 saturated carbocycles. The highest BCUT2D eigenvalue weighted by Crippen LogP contribution is 2.30. The lowest BCUT2D eigenvalue weighted by atomic mass is 10.3. The van der Waals surface area contributed by atoms with Crippen LogP contribution in [0.2, 0.25) is 0 Å². The van der Waals surface area contributed by atoms with Gasteiger partial charge in [0.25, 0.3) is 0 Å². The van der Waals surface area contributed by atoms with E-state index in [0.717, 1.165) is 5.56 Å². The zero-order valence-electron chi connectivity index (χ0n) is 17.6. The van der Waals surface area contributed by atoms with Gasteiger partial charge in [-0.3, -0.25) is 9.78 Å². The fourth-order valence-corrected chi connectivity index (χ4v) is 5.19. The lowest BCUT2D eigenvalue weighted by Crippen LogP contribution is -2.40. The van der Waals surface area contributed by atoms with Crippen LogP contribution in [0.25, 0.3) is 0 Å². The summed E-state index contributed by atoms with van der Waals surface area (Å²) in [6.45, 7) is 5.08. The molecular weight excluding hydrogens is 438 g/mol. The van der Waals surface area contributed by atoms with E-state index in [2.05, 4.69) is 10.3 Å². The Morgan fingerprint density at radius 1 is 1.29 bits per heavy atom. The number of anilines is 1. The lowest BCUT2D eigenvalue weighted by Gasteiger charge is -2.26. The molecule has 8 nitrogen and oxygen atoms in total. The highest BCUT2D eigenvalue weighted by atomic mass is 32.2. The van der Waals surface area contributed by atoms with Gasteiger partial charge in [0.05, 0.1) is 35.7 Å². The monoisotopic (exact) mass is 465 g/mol. The van der Waals surface area contributed by atoms with Gasteiger partial charge in [0.15, 0.2) is 0 Å². The molecule has 2 aromatic rings. The van der Waals surface area contributed by atoms with Crippen LogP contribution in [-0.2, 0) is 25.3 Å². The van der Waals surface area contributed by atoms with E-state index in [1.807, 2.05) is 26.0 Å². The Kier molecular flexibility index (Phi) is 8.30. The third-order valence-electron chi connectivity index (χ3n) is 4.42. The number of benzene rings is 1. The summed E-state index contributed by atoms with van der Waals surface area (Å²) in [6.07, 6.45) is 3.34. The number of nitrogens with zero attached hydrogens (tertiary/aromatic N) is 2. The van der Waals surface area contributed by atoms with Gasteiger partial charge in [-0.2, -0.15) is 4.31 Å². The van der Waals surface area contributed by atoms with Gasteiger partial charge in [0.2, 0.25) is 15.9 Å². The first kappa shape index (κ1) is 23.5. The number of amides is 1. The number of ether oxygens (including phenoxy) is 2. The lowest BCUT2D eigenvalue weighted by molar-refractivity contribution is -0.113. The maximum Gasteiger partial charge on any atom is 0.243 e. The molecule has 1 aromatic heterocycles. The maximum absolute atomic E-state index is 13.0. The van der Waals surface area contributed by atoms with Gasteiger partial charge in [-0.1, -0.05) is 6.07 Å². The summed E-state index contributed by atoms with van der Waals surface area (Å²) in [5.74, 6) is 1.07. The van der Waals surface area contributed by atoms with Crippen molar-refractivity contribution in [2.24, 2.45) is 0 Å². The SMILES string of the molecule is CC(C)Oc1ccc(S(=O)(=O)N2CCOCC2)cc1NC(=O)CSCc1cccnc1. The normalized spacial score (nSPS) is 15.1. The number of nitrogens with one attached hydrogen (secondary N) is 1. The Hall–Kier alpha value is -2.14. The largest absolute Gasteiger partial charge is 0.489 e. The predicted molar refractivity (Wildman–Crippen MR) is 121 cm³/mol. The van der Waals surface area contributed by atoms with E-state index in [4.69, 9.17) is 9.47 Å². The van der Waals surface area contributed by atoms with Crippen LogP contribution >= 0.6 is 11.8 Å². The van der Waals surface area contributed by atoms with E-state index in [9.17, 15) is 13.2 Å². The number of thioether (sulfide) groups is 1. The van der Waals surface area contributed by atoms with Crippen LogP contribution in [0.1, 0.15) is 19.4 Å². The van der Waals surface area contributed by atoms with Gasteiger partial charge in [-0.25, -0.2) is 8.42 Å². The number of hydrogen-bond donors (Lipinski definition) is 1. The second kappa shape index (κ2) is 10.9. The topological polar surface area (TPSA) is 97.8 Å². The molecule has 1 aliphatic rings. The van der Waals surface area contributed by atoms with Crippen molar-refractivity contribution >= 4 is 33.4 Å². The smallest absolute Gasteiger partial charge is 0.243 e. The molecule has 1 N–H and O–H groups in total. The second-order valence-electron chi connectivity index (χ2n) is 7.24. The Morgan fingerprint density at radius 2 is 2.06 bits per heavy atom. The minimum Gasteiger partial charge on any atom is -0.489 e. The van der Waals surface area contributed by atoms with Crippen molar-refractivity contribution in [3.8, 4) is 5.75 Å². The number of hydrogen-bond acceptors (Lipinski definition) is 7. The van der Waals surface area contributed by atoms with Crippen molar-refractivity contribution in [1.29, 1.82) is 0 Å². The van der Waals surface area contributed by atoms with Crippen molar-refractivity contribution in [3.05, 3.63) is 48.3 Å². The first-order chi connectivity index (χ1) is 14.9. The number of pyridine rings is 1. The number of rotatable bonds is 9. The molecule has 3 rings (SSSR count). The number of aromatic nitrogens is 1. The van der Waals surface area contributed by atoms with Gasteiger partial charge in [0.1, 0.15) is 5.75 Å². The Balaban J connectivity index is 1.73. The summed E-state index contributed by atoms with van der Waals surface area (Å²) >= 11 is 1.45. The number of sulfonamides is 1. The van der Waals surface area contributed by atoms with Gasteiger partial charge in [0, 0.05) is 31.2 Å². The minimum absolute atomic E-state index is 0.115. The molecule has 31 heavy (non-hydrogen) atoms. The van der Waals surface area contributed by atoms with Gasteiger partial charge < -0.3 is 14.8 Å². The molecule has 0 spiro atoms. The summed E-state index contributed by atoms with van der Waals surface area (Å²) in [5.41, 5.74) is 1.37.